The van der Waals surface area contributed by atoms with Gasteiger partial charge >= 0.3 is 0 Å². The minimum atomic E-state index is 0.479. The van der Waals surface area contributed by atoms with Gasteiger partial charge in [0.1, 0.15) is 0 Å². The minimum absolute atomic E-state index is 0.479. The second-order valence-electron chi connectivity index (χ2n) is 7.22. The van der Waals surface area contributed by atoms with Crippen LogP contribution in [0.2, 0.25) is 0 Å². The molecule has 0 bridgehead atoms. The van der Waals surface area contributed by atoms with Gasteiger partial charge in [0.15, 0.2) is 0 Å². The van der Waals surface area contributed by atoms with Crippen LogP contribution in [0.15, 0.2) is 0 Å². The van der Waals surface area contributed by atoms with E-state index in [2.05, 4.69) is 55.4 Å². The van der Waals surface area contributed by atoms with E-state index in [1.807, 2.05) is 0 Å². The molecule has 1 atom stereocenters. The fraction of sp³-hybridized carbons (Fsp3) is 1.00. The zero-order chi connectivity index (χ0) is 11.6. The third kappa shape index (κ3) is 5.67. The standard InChI is InChI=1S/C14H30/c1-11(2)14(7,8)10-12(3)9-13(4,5)6/h11-12H,9-10H2,1-8H3. The maximum absolute atomic E-state index is 2.40. The molecule has 0 N–H and O–H groups in total. The lowest BCUT2D eigenvalue weighted by atomic mass is 9.72. The highest BCUT2D eigenvalue weighted by Crippen LogP contribution is 2.37. The molecule has 0 radical (unpaired) electrons. The van der Waals surface area contributed by atoms with Gasteiger partial charge in [-0.2, -0.15) is 0 Å². The topological polar surface area (TPSA) is 0 Å². The van der Waals surface area contributed by atoms with Crippen molar-refractivity contribution in [2.75, 3.05) is 0 Å². The fourth-order valence-electron chi connectivity index (χ4n) is 2.25. The molecule has 0 heteroatoms. The van der Waals surface area contributed by atoms with Crippen molar-refractivity contribution in [1.82, 2.24) is 0 Å². The lowest BCUT2D eigenvalue weighted by Crippen LogP contribution is -2.24. The van der Waals surface area contributed by atoms with Crippen LogP contribution in [0.3, 0.4) is 0 Å². The van der Waals surface area contributed by atoms with Crippen LogP contribution in [-0.4, -0.2) is 0 Å². The van der Waals surface area contributed by atoms with Gasteiger partial charge < -0.3 is 0 Å². The molecule has 0 aliphatic carbocycles. The lowest BCUT2D eigenvalue weighted by molar-refractivity contribution is 0.166. The molecule has 14 heavy (non-hydrogen) atoms. The minimum Gasteiger partial charge on any atom is -0.0625 e. The van der Waals surface area contributed by atoms with Crippen molar-refractivity contribution in [2.24, 2.45) is 22.7 Å². The number of hydrogen-bond acceptors (Lipinski definition) is 0. The van der Waals surface area contributed by atoms with Crippen molar-refractivity contribution in [3.8, 4) is 0 Å². The first kappa shape index (κ1) is 14.0. The first-order valence-corrected chi connectivity index (χ1v) is 6.04. The molecule has 0 fully saturated rings. The molecule has 0 rings (SSSR count). The van der Waals surface area contributed by atoms with Gasteiger partial charge in [-0.1, -0.05) is 55.4 Å². The summed E-state index contributed by atoms with van der Waals surface area (Å²) in [5.74, 6) is 1.62. The Morgan fingerprint density at radius 1 is 0.786 bits per heavy atom. The van der Waals surface area contributed by atoms with Gasteiger partial charge in [0.05, 0.1) is 0 Å². The molecule has 0 amide bonds. The molecule has 0 heterocycles. The smallest absolute Gasteiger partial charge is 0.0329 e. The highest BCUT2D eigenvalue weighted by molar-refractivity contribution is 4.77. The van der Waals surface area contributed by atoms with Gasteiger partial charge in [-0.3, -0.25) is 0 Å². The van der Waals surface area contributed by atoms with E-state index < -0.39 is 0 Å². The van der Waals surface area contributed by atoms with Crippen LogP contribution in [0.4, 0.5) is 0 Å². The highest BCUT2D eigenvalue weighted by Gasteiger charge is 2.26. The summed E-state index contributed by atoms with van der Waals surface area (Å²) in [7, 11) is 0. The molecule has 0 aliphatic rings. The maximum Gasteiger partial charge on any atom is -0.0329 e. The Balaban J connectivity index is 4.12. The lowest BCUT2D eigenvalue weighted by Gasteiger charge is -2.34. The van der Waals surface area contributed by atoms with Crippen LogP contribution in [0.5, 0.6) is 0 Å². The predicted octanol–water partition coefficient (Wildman–Crippen LogP) is 5.13. The van der Waals surface area contributed by atoms with Crippen molar-refractivity contribution in [3.05, 3.63) is 0 Å². The average Bonchev–Trinajstić information content (AvgIpc) is 1.79. The molecule has 0 spiro atoms. The summed E-state index contributed by atoms with van der Waals surface area (Å²) in [6.07, 6.45) is 2.69. The van der Waals surface area contributed by atoms with Crippen LogP contribution in [0, 0.1) is 22.7 Å². The van der Waals surface area contributed by atoms with Gasteiger partial charge in [0, 0.05) is 0 Å². The average molecular weight is 198 g/mol. The quantitative estimate of drug-likeness (QED) is 0.587. The van der Waals surface area contributed by atoms with Crippen molar-refractivity contribution in [2.45, 2.75) is 68.2 Å². The molecule has 0 saturated heterocycles. The number of hydrogen-bond donors (Lipinski definition) is 0. The molecule has 0 aromatic carbocycles. The molecular formula is C14H30. The largest absolute Gasteiger partial charge is 0.0625 e. The monoisotopic (exact) mass is 198 g/mol. The van der Waals surface area contributed by atoms with Crippen molar-refractivity contribution < 1.29 is 0 Å². The predicted molar refractivity (Wildman–Crippen MR) is 66.5 cm³/mol. The molecule has 1 unspecified atom stereocenters. The van der Waals surface area contributed by atoms with Crippen LogP contribution in [0.25, 0.3) is 0 Å². The molecule has 0 aliphatic heterocycles. The maximum atomic E-state index is 2.40. The molecular weight excluding hydrogens is 168 g/mol. The van der Waals surface area contributed by atoms with Crippen molar-refractivity contribution in [1.29, 1.82) is 0 Å². The van der Waals surface area contributed by atoms with Crippen LogP contribution in [-0.2, 0) is 0 Å². The Labute approximate surface area is 91.5 Å². The summed E-state index contributed by atoms with van der Waals surface area (Å²) in [4.78, 5) is 0. The van der Waals surface area contributed by atoms with Crippen LogP contribution in [0.1, 0.15) is 68.2 Å². The Morgan fingerprint density at radius 3 is 1.50 bits per heavy atom. The fourth-order valence-corrected chi connectivity index (χ4v) is 2.25. The third-order valence-electron chi connectivity index (χ3n) is 3.40. The van der Waals surface area contributed by atoms with E-state index in [0.29, 0.717) is 10.8 Å². The molecule has 0 saturated carbocycles. The van der Waals surface area contributed by atoms with E-state index in [1.165, 1.54) is 12.8 Å². The highest BCUT2D eigenvalue weighted by atomic mass is 14.3. The zero-order valence-corrected chi connectivity index (χ0v) is 11.6. The van der Waals surface area contributed by atoms with E-state index in [1.54, 1.807) is 0 Å². The van der Waals surface area contributed by atoms with Crippen molar-refractivity contribution in [3.63, 3.8) is 0 Å². The summed E-state index contributed by atoms with van der Waals surface area (Å²) >= 11 is 0. The first-order chi connectivity index (χ1) is 6.04. The van der Waals surface area contributed by atoms with Gasteiger partial charge in [-0.15, -0.1) is 0 Å². The van der Waals surface area contributed by atoms with E-state index >= 15 is 0 Å². The Kier molecular flexibility index (Phi) is 4.68. The molecule has 86 valence electrons. The normalized spacial score (nSPS) is 16.1. The van der Waals surface area contributed by atoms with Gasteiger partial charge in [0.2, 0.25) is 0 Å². The SMILES string of the molecule is CC(CC(C)(C)C)CC(C)(C)C(C)C. The van der Waals surface area contributed by atoms with E-state index in [0.717, 1.165) is 11.8 Å². The Bertz CT molecular complexity index is 157. The second kappa shape index (κ2) is 4.68. The van der Waals surface area contributed by atoms with E-state index in [-0.39, 0.29) is 0 Å². The Morgan fingerprint density at radius 2 is 1.21 bits per heavy atom. The summed E-state index contributed by atoms with van der Waals surface area (Å²) in [5, 5.41) is 0. The van der Waals surface area contributed by atoms with Crippen molar-refractivity contribution >= 4 is 0 Å². The van der Waals surface area contributed by atoms with E-state index in [4.69, 9.17) is 0 Å². The Hall–Kier alpha value is 0. The van der Waals surface area contributed by atoms with E-state index in [9.17, 15) is 0 Å². The van der Waals surface area contributed by atoms with Gasteiger partial charge in [0.25, 0.3) is 0 Å². The van der Waals surface area contributed by atoms with Gasteiger partial charge in [-0.05, 0) is 35.5 Å². The summed E-state index contributed by atoms with van der Waals surface area (Å²) in [6, 6.07) is 0. The summed E-state index contributed by atoms with van der Waals surface area (Å²) in [6.45, 7) is 18.9. The molecule has 0 aromatic rings. The third-order valence-corrected chi connectivity index (χ3v) is 3.40. The molecule has 0 aromatic heterocycles. The summed E-state index contributed by atoms with van der Waals surface area (Å²) in [5.41, 5.74) is 0.969. The summed E-state index contributed by atoms with van der Waals surface area (Å²) < 4.78 is 0. The van der Waals surface area contributed by atoms with Crippen LogP contribution >= 0.6 is 0 Å². The van der Waals surface area contributed by atoms with Gasteiger partial charge in [-0.25, -0.2) is 0 Å². The molecule has 0 nitrogen and oxygen atoms in total. The zero-order valence-electron chi connectivity index (χ0n) is 11.6. The number of rotatable bonds is 4. The second-order valence-corrected chi connectivity index (χ2v) is 7.22. The van der Waals surface area contributed by atoms with Crippen LogP contribution < -0.4 is 0 Å². The first-order valence-electron chi connectivity index (χ1n) is 6.04.